The molecule has 2 amide bonds. The number of hydrogen-bond donors (Lipinski definition) is 2. The van der Waals surface area contributed by atoms with Crippen molar-refractivity contribution in [2.24, 2.45) is 0 Å². The second-order valence-electron chi connectivity index (χ2n) is 4.71. The van der Waals surface area contributed by atoms with Gasteiger partial charge in [-0.3, -0.25) is 5.32 Å². The fraction of sp³-hybridized carbons (Fsp3) is 0.286. The number of para-hydroxylation sites is 1. The molecule has 1 aliphatic rings. The largest absolute Gasteiger partial charge is 0.488 e. The molecule has 1 aliphatic heterocycles. The molecule has 6 nitrogen and oxygen atoms in total. The highest BCUT2D eigenvalue weighted by molar-refractivity contribution is 5.88. The van der Waals surface area contributed by atoms with Gasteiger partial charge in [-0.1, -0.05) is 23.4 Å². The van der Waals surface area contributed by atoms with Gasteiger partial charge in [0.25, 0.3) is 0 Å². The highest BCUT2D eigenvalue weighted by atomic mass is 16.5. The van der Waals surface area contributed by atoms with Crippen molar-refractivity contribution in [2.75, 3.05) is 11.9 Å². The monoisotopic (exact) mass is 273 g/mol. The van der Waals surface area contributed by atoms with E-state index in [0.717, 1.165) is 12.2 Å². The summed E-state index contributed by atoms with van der Waals surface area (Å²) in [6, 6.07) is 9.23. The fourth-order valence-corrected chi connectivity index (χ4v) is 2.16. The number of carbonyl (C=O) groups excluding carboxylic acids is 1. The molecular weight excluding hydrogens is 258 g/mol. The minimum atomic E-state index is -0.321. The summed E-state index contributed by atoms with van der Waals surface area (Å²) in [6.07, 6.45) is 0.775. The molecule has 0 radical (unpaired) electrons. The molecule has 1 aromatic heterocycles. The molecule has 0 saturated heterocycles. The molecule has 2 heterocycles. The van der Waals surface area contributed by atoms with Gasteiger partial charge in [0, 0.05) is 12.5 Å². The van der Waals surface area contributed by atoms with Crippen molar-refractivity contribution >= 4 is 11.8 Å². The van der Waals surface area contributed by atoms with E-state index in [-0.39, 0.29) is 12.1 Å². The van der Waals surface area contributed by atoms with Crippen molar-refractivity contribution in [3.05, 3.63) is 41.7 Å². The highest BCUT2D eigenvalue weighted by Gasteiger charge is 2.22. The molecule has 0 unspecified atom stereocenters. The Morgan fingerprint density at radius 3 is 3.05 bits per heavy atom. The van der Waals surface area contributed by atoms with E-state index in [1.807, 2.05) is 24.3 Å². The van der Waals surface area contributed by atoms with Gasteiger partial charge in [0.05, 0.1) is 6.54 Å². The van der Waals surface area contributed by atoms with Crippen LogP contribution in [0.3, 0.4) is 0 Å². The number of hydrogen-bond acceptors (Lipinski definition) is 4. The Kier molecular flexibility index (Phi) is 3.28. The van der Waals surface area contributed by atoms with Crippen LogP contribution in [0, 0.1) is 6.92 Å². The SMILES string of the molecule is Cc1cc(NC(=O)NC[C@@H]2Cc3ccccc3O2)no1. The Bertz CT molecular complexity index is 599. The lowest BCUT2D eigenvalue weighted by Gasteiger charge is -2.11. The van der Waals surface area contributed by atoms with E-state index in [9.17, 15) is 4.79 Å². The van der Waals surface area contributed by atoms with Gasteiger partial charge in [-0.05, 0) is 18.6 Å². The summed E-state index contributed by atoms with van der Waals surface area (Å²) in [4.78, 5) is 11.7. The zero-order chi connectivity index (χ0) is 13.9. The summed E-state index contributed by atoms with van der Waals surface area (Å²) in [6.45, 7) is 2.21. The quantitative estimate of drug-likeness (QED) is 0.898. The van der Waals surface area contributed by atoms with E-state index in [4.69, 9.17) is 9.26 Å². The maximum atomic E-state index is 11.7. The summed E-state index contributed by atoms with van der Waals surface area (Å²) < 4.78 is 10.6. The van der Waals surface area contributed by atoms with Gasteiger partial charge < -0.3 is 14.6 Å². The molecule has 2 aromatic rings. The number of nitrogens with zero attached hydrogens (tertiary/aromatic N) is 1. The number of fused-ring (bicyclic) bond motifs is 1. The molecule has 3 rings (SSSR count). The number of benzene rings is 1. The Labute approximate surface area is 116 Å². The number of aromatic nitrogens is 1. The van der Waals surface area contributed by atoms with Crippen LogP contribution in [-0.4, -0.2) is 23.8 Å². The molecule has 20 heavy (non-hydrogen) atoms. The summed E-state index contributed by atoms with van der Waals surface area (Å²) in [7, 11) is 0. The Hall–Kier alpha value is -2.50. The van der Waals surface area contributed by atoms with Crippen LogP contribution < -0.4 is 15.4 Å². The molecule has 0 saturated carbocycles. The maximum Gasteiger partial charge on any atom is 0.320 e. The van der Waals surface area contributed by atoms with E-state index in [1.165, 1.54) is 5.56 Å². The number of anilines is 1. The fourth-order valence-electron chi connectivity index (χ4n) is 2.16. The van der Waals surface area contributed by atoms with E-state index in [2.05, 4.69) is 15.8 Å². The second-order valence-corrected chi connectivity index (χ2v) is 4.71. The van der Waals surface area contributed by atoms with Gasteiger partial charge in [-0.2, -0.15) is 0 Å². The van der Waals surface area contributed by atoms with Crippen LogP contribution in [0.4, 0.5) is 10.6 Å². The van der Waals surface area contributed by atoms with Crippen LogP contribution >= 0.6 is 0 Å². The molecule has 1 aromatic carbocycles. The first-order valence-corrected chi connectivity index (χ1v) is 6.43. The predicted molar refractivity (Wildman–Crippen MR) is 72.8 cm³/mol. The first-order chi connectivity index (χ1) is 9.70. The van der Waals surface area contributed by atoms with Crippen molar-refractivity contribution in [2.45, 2.75) is 19.4 Å². The van der Waals surface area contributed by atoms with Crippen LogP contribution in [0.1, 0.15) is 11.3 Å². The van der Waals surface area contributed by atoms with Crippen LogP contribution in [0.25, 0.3) is 0 Å². The van der Waals surface area contributed by atoms with Crippen LogP contribution in [0.2, 0.25) is 0 Å². The molecule has 1 atom stereocenters. The molecular formula is C14H15N3O3. The number of urea groups is 1. The van der Waals surface area contributed by atoms with Crippen LogP contribution in [-0.2, 0) is 6.42 Å². The minimum Gasteiger partial charge on any atom is -0.488 e. The first kappa shape index (κ1) is 12.5. The van der Waals surface area contributed by atoms with Crippen LogP contribution in [0.15, 0.2) is 34.9 Å². The molecule has 104 valence electrons. The highest BCUT2D eigenvalue weighted by Crippen LogP contribution is 2.27. The van der Waals surface area contributed by atoms with Gasteiger partial charge in [0.2, 0.25) is 0 Å². The number of aryl methyl sites for hydroxylation is 1. The third-order valence-corrected chi connectivity index (χ3v) is 3.07. The van der Waals surface area contributed by atoms with E-state index in [1.54, 1.807) is 13.0 Å². The summed E-state index contributed by atoms with van der Waals surface area (Å²) >= 11 is 0. The number of ether oxygens (including phenoxy) is 1. The van der Waals surface area contributed by atoms with E-state index in [0.29, 0.717) is 18.1 Å². The summed E-state index contributed by atoms with van der Waals surface area (Å²) in [5, 5.41) is 9.05. The summed E-state index contributed by atoms with van der Waals surface area (Å²) in [5.41, 5.74) is 1.17. The first-order valence-electron chi connectivity index (χ1n) is 6.43. The number of rotatable bonds is 3. The minimum absolute atomic E-state index is 0.0304. The topological polar surface area (TPSA) is 76.4 Å². The average Bonchev–Trinajstić information content (AvgIpc) is 3.02. The van der Waals surface area contributed by atoms with Gasteiger partial charge in [-0.15, -0.1) is 0 Å². The van der Waals surface area contributed by atoms with Gasteiger partial charge >= 0.3 is 6.03 Å². The van der Waals surface area contributed by atoms with Crippen molar-refractivity contribution in [1.29, 1.82) is 0 Å². The third kappa shape index (κ3) is 2.74. The van der Waals surface area contributed by atoms with E-state index < -0.39 is 0 Å². The average molecular weight is 273 g/mol. The lowest BCUT2D eigenvalue weighted by Crippen LogP contribution is -2.37. The predicted octanol–water partition coefficient (Wildman–Crippen LogP) is 2.11. The lowest BCUT2D eigenvalue weighted by molar-refractivity contribution is 0.219. The second kappa shape index (κ2) is 5.24. The Morgan fingerprint density at radius 2 is 2.30 bits per heavy atom. The molecule has 2 N–H and O–H groups in total. The van der Waals surface area contributed by atoms with Gasteiger partial charge in [-0.25, -0.2) is 4.79 Å². The third-order valence-electron chi connectivity index (χ3n) is 3.07. The Balaban J connectivity index is 1.48. The standard InChI is InChI=1S/C14H15N3O3/c1-9-6-13(17-20-9)16-14(18)15-8-11-7-10-4-2-3-5-12(10)19-11/h2-6,11H,7-8H2,1H3,(H2,15,16,17,18)/t11-/m0/s1. The lowest BCUT2D eigenvalue weighted by atomic mass is 10.1. The maximum absolute atomic E-state index is 11.7. The molecule has 6 heteroatoms. The molecule has 0 aliphatic carbocycles. The van der Waals surface area contributed by atoms with Gasteiger partial charge in [0.1, 0.15) is 17.6 Å². The van der Waals surface area contributed by atoms with Crippen molar-refractivity contribution in [1.82, 2.24) is 10.5 Å². The summed E-state index contributed by atoms with van der Waals surface area (Å²) in [5.74, 6) is 1.94. The smallest absolute Gasteiger partial charge is 0.320 e. The van der Waals surface area contributed by atoms with Crippen molar-refractivity contribution in [3.8, 4) is 5.75 Å². The molecule has 0 bridgehead atoms. The number of amides is 2. The van der Waals surface area contributed by atoms with Crippen molar-refractivity contribution < 1.29 is 14.1 Å². The zero-order valence-electron chi connectivity index (χ0n) is 11.1. The molecule has 0 spiro atoms. The molecule has 0 fully saturated rings. The number of carbonyl (C=O) groups is 1. The number of nitrogens with one attached hydrogen (secondary N) is 2. The van der Waals surface area contributed by atoms with E-state index >= 15 is 0 Å². The van der Waals surface area contributed by atoms with Crippen LogP contribution in [0.5, 0.6) is 5.75 Å². The zero-order valence-corrected chi connectivity index (χ0v) is 11.1. The normalized spacial score (nSPS) is 16.4. The van der Waals surface area contributed by atoms with Gasteiger partial charge in [0.15, 0.2) is 5.82 Å². The Morgan fingerprint density at radius 1 is 1.45 bits per heavy atom. The van der Waals surface area contributed by atoms with Crippen molar-refractivity contribution in [3.63, 3.8) is 0 Å².